The Morgan fingerprint density at radius 1 is 1.53 bits per heavy atom. The van der Waals surface area contributed by atoms with Gasteiger partial charge in [-0.15, -0.1) is 0 Å². The van der Waals surface area contributed by atoms with E-state index in [1.54, 1.807) is 17.4 Å². The fourth-order valence-corrected chi connectivity index (χ4v) is 1.98. The van der Waals surface area contributed by atoms with Gasteiger partial charge in [-0.25, -0.2) is 14.8 Å². The molecule has 1 aliphatic rings. The van der Waals surface area contributed by atoms with Crippen molar-refractivity contribution in [1.29, 1.82) is 0 Å². The van der Waals surface area contributed by atoms with E-state index in [-0.39, 0.29) is 6.03 Å². The van der Waals surface area contributed by atoms with Gasteiger partial charge in [-0.1, -0.05) is 0 Å². The lowest BCUT2D eigenvalue weighted by Gasteiger charge is -2.31. The van der Waals surface area contributed by atoms with Crippen LogP contribution in [-0.4, -0.2) is 40.0 Å². The van der Waals surface area contributed by atoms with Gasteiger partial charge in [0.2, 0.25) is 0 Å². The third-order valence-corrected chi connectivity index (χ3v) is 3.02. The molecular weight excluding hydrogens is 218 g/mol. The number of urea groups is 1. The molecule has 1 aromatic heterocycles. The third-order valence-electron chi connectivity index (χ3n) is 3.02. The van der Waals surface area contributed by atoms with E-state index >= 15 is 0 Å². The smallest absolute Gasteiger partial charge is 0.314 e. The number of piperidine rings is 1. The summed E-state index contributed by atoms with van der Waals surface area (Å²) in [5.74, 6) is 0. The van der Waals surface area contributed by atoms with Gasteiger partial charge >= 0.3 is 6.03 Å². The highest BCUT2D eigenvalue weighted by Gasteiger charge is 2.20. The summed E-state index contributed by atoms with van der Waals surface area (Å²) in [6.45, 7) is 2.21. The van der Waals surface area contributed by atoms with Crippen LogP contribution in [0.2, 0.25) is 0 Å². The molecule has 3 N–H and O–H groups in total. The molecular formula is C11H17N5O. The van der Waals surface area contributed by atoms with Gasteiger partial charge in [-0.2, -0.15) is 0 Å². The molecule has 0 unspecified atom stereocenters. The summed E-state index contributed by atoms with van der Waals surface area (Å²) in [5, 5.41) is 3.43. The number of likely N-dealkylation sites (tertiary alicyclic amines) is 1. The first kappa shape index (κ1) is 11.8. The maximum Gasteiger partial charge on any atom is 0.314 e. The monoisotopic (exact) mass is 235 g/mol. The second-order valence-corrected chi connectivity index (χ2v) is 4.18. The Morgan fingerprint density at radius 2 is 2.29 bits per heavy atom. The van der Waals surface area contributed by atoms with E-state index in [4.69, 9.17) is 5.73 Å². The van der Waals surface area contributed by atoms with Crippen molar-refractivity contribution >= 4 is 6.03 Å². The number of nitrogens with two attached hydrogens (primary N) is 1. The third kappa shape index (κ3) is 3.39. The number of nitrogens with one attached hydrogen (secondary N) is 1. The zero-order chi connectivity index (χ0) is 12.1. The van der Waals surface area contributed by atoms with Gasteiger partial charge in [0.15, 0.2) is 0 Å². The quantitative estimate of drug-likeness (QED) is 0.778. The number of carbonyl (C=O) groups is 1. The average Bonchev–Trinajstić information content (AvgIpc) is 2.38. The molecule has 0 saturated carbocycles. The maximum absolute atomic E-state index is 11.0. The summed E-state index contributed by atoms with van der Waals surface area (Å²) in [6, 6.07) is 2.01. The number of nitrogens with zero attached hydrogens (tertiary/aromatic N) is 3. The van der Waals surface area contributed by atoms with Crippen molar-refractivity contribution < 1.29 is 4.79 Å². The molecule has 17 heavy (non-hydrogen) atoms. The second-order valence-electron chi connectivity index (χ2n) is 4.18. The molecule has 0 aromatic carbocycles. The number of amides is 2. The molecule has 6 nitrogen and oxygen atoms in total. The summed E-state index contributed by atoms with van der Waals surface area (Å²) < 4.78 is 0. The maximum atomic E-state index is 11.0. The van der Waals surface area contributed by atoms with Crippen molar-refractivity contribution in [3.05, 3.63) is 24.3 Å². The Balaban J connectivity index is 1.74. The van der Waals surface area contributed by atoms with Crippen LogP contribution in [0.5, 0.6) is 0 Å². The summed E-state index contributed by atoms with van der Waals surface area (Å²) in [4.78, 5) is 20.7. The van der Waals surface area contributed by atoms with Gasteiger partial charge in [0.25, 0.3) is 0 Å². The van der Waals surface area contributed by atoms with Crippen molar-refractivity contribution in [2.24, 2.45) is 5.73 Å². The van der Waals surface area contributed by atoms with E-state index in [1.807, 2.05) is 6.07 Å². The molecule has 0 atom stereocenters. The lowest BCUT2D eigenvalue weighted by atomic mass is 10.1. The van der Waals surface area contributed by atoms with Crippen molar-refractivity contribution in [3.63, 3.8) is 0 Å². The van der Waals surface area contributed by atoms with Gasteiger partial charge in [0.05, 0.1) is 5.69 Å². The van der Waals surface area contributed by atoms with Crippen LogP contribution in [0.25, 0.3) is 0 Å². The highest BCUT2D eigenvalue weighted by molar-refractivity contribution is 5.72. The lowest BCUT2D eigenvalue weighted by molar-refractivity contribution is 0.185. The minimum atomic E-state index is -0.320. The molecule has 1 aliphatic heterocycles. The van der Waals surface area contributed by atoms with Crippen LogP contribution in [0.4, 0.5) is 4.79 Å². The minimum Gasteiger partial charge on any atom is -0.351 e. The molecule has 2 heterocycles. The Bertz CT molecular complexity index is 361. The van der Waals surface area contributed by atoms with Crippen LogP contribution < -0.4 is 11.1 Å². The number of hydrogen-bond acceptors (Lipinski definition) is 4. The molecule has 2 amide bonds. The van der Waals surface area contributed by atoms with Crippen LogP contribution in [0.3, 0.4) is 0 Å². The van der Waals surface area contributed by atoms with E-state index in [0.717, 1.165) is 38.2 Å². The Morgan fingerprint density at radius 3 is 2.88 bits per heavy atom. The topological polar surface area (TPSA) is 84.1 Å². The largest absolute Gasteiger partial charge is 0.351 e. The van der Waals surface area contributed by atoms with Crippen LogP contribution >= 0.6 is 0 Å². The molecule has 6 heteroatoms. The Kier molecular flexibility index (Phi) is 3.87. The van der Waals surface area contributed by atoms with Crippen LogP contribution in [-0.2, 0) is 6.54 Å². The minimum absolute atomic E-state index is 0.320. The zero-order valence-electron chi connectivity index (χ0n) is 9.67. The molecule has 1 aromatic rings. The number of hydrogen-bond donors (Lipinski definition) is 2. The first-order chi connectivity index (χ1) is 8.25. The molecule has 2 rings (SSSR count). The highest BCUT2D eigenvalue weighted by Crippen LogP contribution is 2.10. The van der Waals surface area contributed by atoms with Gasteiger partial charge in [0.1, 0.15) is 6.33 Å². The molecule has 92 valence electrons. The average molecular weight is 235 g/mol. The van der Waals surface area contributed by atoms with Crippen LogP contribution in [0, 0.1) is 0 Å². The standard InChI is InChI=1S/C11H17N5O/c12-11(17)16-5-2-9(3-6-16)14-7-10-1-4-13-8-15-10/h1,4,8-9,14H,2-3,5-7H2,(H2,12,17). The van der Waals surface area contributed by atoms with Gasteiger partial charge < -0.3 is 16.0 Å². The Labute approximate surface area is 100 Å². The number of primary amides is 1. The summed E-state index contributed by atoms with van der Waals surface area (Å²) >= 11 is 0. The van der Waals surface area contributed by atoms with Crippen molar-refractivity contribution in [2.75, 3.05) is 13.1 Å². The first-order valence-corrected chi connectivity index (χ1v) is 5.78. The molecule has 0 radical (unpaired) electrons. The summed E-state index contributed by atoms with van der Waals surface area (Å²) in [6.07, 6.45) is 5.16. The van der Waals surface area contributed by atoms with E-state index in [2.05, 4.69) is 15.3 Å². The SMILES string of the molecule is NC(=O)N1CCC(NCc2ccncn2)CC1. The first-order valence-electron chi connectivity index (χ1n) is 5.78. The molecule has 1 fully saturated rings. The van der Waals surface area contributed by atoms with Crippen molar-refractivity contribution in [3.8, 4) is 0 Å². The van der Waals surface area contributed by atoms with Crippen LogP contribution in [0.1, 0.15) is 18.5 Å². The predicted octanol–water partition coefficient (Wildman–Crippen LogP) is 0.109. The predicted molar refractivity (Wildman–Crippen MR) is 63.1 cm³/mol. The van der Waals surface area contributed by atoms with Gasteiger partial charge in [0, 0.05) is 31.9 Å². The summed E-state index contributed by atoms with van der Waals surface area (Å²) in [5.41, 5.74) is 6.21. The fourth-order valence-electron chi connectivity index (χ4n) is 1.98. The molecule has 1 saturated heterocycles. The second kappa shape index (κ2) is 5.58. The van der Waals surface area contributed by atoms with E-state index < -0.39 is 0 Å². The van der Waals surface area contributed by atoms with E-state index in [1.165, 1.54) is 0 Å². The molecule has 0 aliphatic carbocycles. The van der Waals surface area contributed by atoms with Gasteiger partial charge in [-0.05, 0) is 18.9 Å². The highest BCUT2D eigenvalue weighted by atomic mass is 16.2. The van der Waals surface area contributed by atoms with Crippen molar-refractivity contribution in [1.82, 2.24) is 20.2 Å². The molecule has 0 spiro atoms. The number of rotatable bonds is 3. The van der Waals surface area contributed by atoms with Crippen molar-refractivity contribution in [2.45, 2.75) is 25.4 Å². The lowest BCUT2D eigenvalue weighted by Crippen LogP contribution is -2.46. The Hall–Kier alpha value is -1.69. The van der Waals surface area contributed by atoms with E-state index in [0.29, 0.717) is 6.04 Å². The van der Waals surface area contributed by atoms with Crippen LogP contribution in [0.15, 0.2) is 18.6 Å². The zero-order valence-corrected chi connectivity index (χ0v) is 9.67. The van der Waals surface area contributed by atoms with E-state index in [9.17, 15) is 4.79 Å². The fraction of sp³-hybridized carbons (Fsp3) is 0.545. The number of aromatic nitrogens is 2. The number of carbonyl (C=O) groups excluding carboxylic acids is 1. The normalized spacial score (nSPS) is 17.1. The molecule has 0 bridgehead atoms. The van der Waals surface area contributed by atoms with Gasteiger partial charge in [-0.3, -0.25) is 0 Å². The summed E-state index contributed by atoms with van der Waals surface area (Å²) in [7, 11) is 0.